The summed E-state index contributed by atoms with van der Waals surface area (Å²) in [6.07, 6.45) is -0.386. The van der Waals surface area contributed by atoms with Gasteiger partial charge in [0.1, 0.15) is 11.8 Å². The van der Waals surface area contributed by atoms with Gasteiger partial charge in [0, 0.05) is 19.1 Å². The number of carbonyl (C=O) groups is 2. The van der Waals surface area contributed by atoms with Crippen molar-refractivity contribution in [3.8, 4) is 5.75 Å². The van der Waals surface area contributed by atoms with Crippen LogP contribution in [-0.4, -0.2) is 66.9 Å². The average Bonchev–Trinajstić information content (AvgIpc) is 2.74. The van der Waals surface area contributed by atoms with Crippen LogP contribution in [0.4, 0.5) is 0 Å². The number of hydrogen-bond acceptors (Lipinski definition) is 5. The van der Waals surface area contributed by atoms with Crippen LogP contribution in [0.25, 0.3) is 0 Å². The molecule has 8 nitrogen and oxygen atoms in total. The van der Waals surface area contributed by atoms with Crippen LogP contribution < -0.4 is 4.74 Å². The molecule has 0 aromatic heterocycles. The summed E-state index contributed by atoms with van der Waals surface area (Å²) in [5, 5.41) is 9.47. The second-order valence-electron chi connectivity index (χ2n) is 6.03. The van der Waals surface area contributed by atoms with Gasteiger partial charge in [0.05, 0.1) is 18.4 Å². The maximum Gasteiger partial charge on any atom is 0.322 e. The molecule has 138 valence electrons. The Hall–Kier alpha value is -2.13. The molecule has 1 aromatic rings. The van der Waals surface area contributed by atoms with Gasteiger partial charge in [-0.15, -0.1) is 0 Å². The lowest BCUT2D eigenvalue weighted by Gasteiger charge is -2.26. The van der Waals surface area contributed by atoms with Crippen LogP contribution in [0.5, 0.6) is 5.75 Å². The van der Waals surface area contributed by atoms with Crippen molar-refractivity contribution in [3.05, 3.63) is 24.3 Å². The molecule has 2 rings (SSSR count). The van der Waals surface area contributed by atoms with Crippen LogP contribution in [0.15, 0.2) is 29.2 Å². The molecule has 1 aromatic carbocycles. The third kappa shape index (κ3) is 3.93. The average molecular weight is 370 g/mol. The first-order valence-corrected chi connectivity index (χ1v) is 9.30. The predicted molar refractivity (Wildman–Crippen MR) is 89.8 cm³/mol. The van der Waals surface area contributed by atoms with Crippen LogP contribution in [0.3, 0.4) is 0 Å². The van der Waals surface area contributed by atoms with Gasteiger partial charge in [-0.25, -0.2) is 8.42 Å². The molecule has 1 fully saturated rings. The zero-order valence-corrected chi connectivity index (χ0v) is 15.2. The molecule has 9 heteroatoms. The summed E-state index contributed by atoms with van der Waals surface area (Å²) in [4.78, 5) is 25.4. The number of carbonyl (C=O) groups excluding carboxylic acids is 1. The van der Waals surface area contributed by atoms with Crippen LogP contribution in [0, 0.1) is 0 Å². The maximum absolute atomic E-state index is 12.9. The lowest BCUT2D eigenvalue weighted by atomic mass is 10.2. The summed E-state index contributed by atoms with van der Waals surface area (Å²) in [6.45, 7) is 3.69. The number of rotatable bonds is 5. The minimum Gasteiger partial charge on any atom is -0.497 e. The highest BCUT2D eigenvalue weighted by Gasteiger charge is 2.41. The first-order chi connectivity index (χ1) is 11.7. The van der Waals surface area contributed by atoms with E-state index in [1.54, 1.807) is 13.8 Å². The van der Waals surface area contributed by atoms with Crippen LogP contribution in [0.1, 0.15) is 20.3 Å². The Kier molecular flexibility index (Phi) is 5.69. The monoisotopic (exact) mass is 370 g/mol. The molecule has 0 aliphatic carbocycles. The van der Waals surface area contributed by atoms with Gasteiger partial charge in [-0.05, 0) is 38.1 Å². The number of carboxylic acids is 1. The highest BCUT2D eigenvalue weighted by Crippen LogP contribution is 2.25. The van der Waals surface area contributed by atoms with Gasteiger partial charge in [-0.2, -0.15) is 4.31 Å². The van der Waals surface area contributed by atoms with E-state index in [0.29, 0.717) is 5.75 Å². The third-order valence-electron chi connectivity index (χ3n) is 4.17. The van der Waals surface area contributed by atoms with Crippen molar-refractivity contribution in [1.82, 2.24) is 9.21 Å². The Balaban J connectivity index is 2.41. The lowest BCUT2D eigenvalue weighted by Crippen LogP contribution is -2.45. The van der Waals surface area contributed by atoms with Crippen molar-refractivity contribution in [2.24, 2.45) is 0 Å². The van der Waals surface area contributed by atoms with E-state index in [-0.39, 0.29) is 36.4 Å². The minimum atomic E-state index is -4.06. The smallest absolute Gasteiger partial charge is 0.322 e. The van der Waals surface area contributed by atoms with Crippen LogP contribution in [0.2, 0.25) is 0 Å². The molecular formula is C16H22N2O6S. The number of benzene rings is 1. The number of ether oxygens (including phenoxy) is 1. The molecule has 1 saturated heterocycles. The van der Waals surface area contributed by atoms with Gasteiger partial charge < -0.3 is 14.7 Å². The number of nitrogens with zero attached hydrogens (tertiary/aromatic N) is 2. The van der Waals surface area contributed by atoms with E-state index in [1.165, 1.54) is 36.3 Å². The summed E-state index contributed by atoms with van der Waals surface area (Å²) in [7, 11) is -2.60. The quantitative estimate of drug-likeness (QED) is 0.821. The molecule has 1 aliphatic rings. The Bertz CT molecular complexity index is 744. The molecule has 25 heavy (non-hydrogen) atoms. The van der Waals surface area contributed by atoms with Gasteiger partial charge >= 0.3 is 5.97 Å². The largest absolute Gasteiger partial charge is 0.497 e. The van der Waals surface area contributed by atoms with Crippen LogP contribution in [-0.2, 0) is 19.6 Å². The molecule has 0 bridgehead atoms. The summed E-state index contributed by atoms with van der Waals surface area (Å²) in [5.74, 6) is -1.21. The van der Waals surface area contributed by atoms with Crippen molar-refractivity contribution in [2.45, 2.75) is 37.2 Å². The summed E-state index contributed by atoms with van der Waals surface area (Å²) in [6, 6.07) is 4.15. The van der Waals surface area contributed by atoms with Gasteiger partial charge in [0.15, 0.2) is 0 Å². The van der Waals surface area contributed by atoms with E-state index >= 15 is 0 Å². The number of aliphatic carboxylic acids is 1. The van der Waals surface area contributed by atoms with Crippen molar-refractivity contribution < 1.29 is 27.9 Å². The standard InChI is InChI=1S/C16H22N2O6S/c1-11(2)17-8-9-18(14(16(20)21)10-15(17)19)25(22,23)13-6-4-12(24-3)5-7-13/h4-7,11,14H,8-10H2,1-3H3,(H,20,21). The zero-order valence-electron chi connectivity index (χ0n) is 14.4. The van der Waals surface area contributed by atoms with Gasteiger partial charge in [0.2, 0.25) is 15.9 Å². The third-order valence-corrected chi connectivity index (χ3v) is 6.09. The van der Waals surface area contributed by atoms with E-state index in [9.17, 15) is 23.1 Å². The molecule has 0 spiro atoms. The highest BCUT2D eigenvalue weighted by atomic mass is 32.2. The normalized spacial score (nSPS) is 19.8. The van der Waals surface area contributed by atoms with Crippen molar-refractivity contribution >= 4 is 21.9 Å². The summed E-state index contributed by atoms with van der Waals surface area (Å²) in [5.41, 5.74) is 0. The Morgan fingerprint density at radius 2 is 1.84 bits per heavy atom. The SMILES string of the molecule is COc1ccc(S(=O)(=O)N2CCN(C(C)C)C(=O)CC2C(=O)O)cc1. The van der Waals surface area contributed by atoms with E-state index in [1.807, 2.05) is 0 Å². The summed E-state index contributed by atoms with van der Waals surface area (Å²) >= 11 is 0. The fourth-order valence-corrected chi connectivity index (χ4v) is 4.37. The molecule has 1 unspecified atom stereocenters. The molecule has 0 saturated carbocycles. The molecule has 1 aliphatic heterocycles. The predicted octanol–water partition coefficient (Wildman–Crippen LogP) is 0.780. The Morgan fingerprint density at radius 3 is 2.32 bits per heavy atom. The minimum absolute atomic E-state index is 0.0370. The number of amides is 1. The Morgan fingerprint density at radius 1 is 1.24 bits per heavy atom. The number of methoxy groups -OCH3 is 1. The van der Waals surface area contributed by atoms with Gasteiger partial charge in [0.25, 0.3) is 0 Å². The van der Waals surface area contributed by atoms with Gasteiger partial charge in [-0.1, -0.05) is 0 Å². The second kappa shape index (κ2) is 7.40. The molecular weight excluding hydrogens is 348 g/mol. The van der Waals surface area contributed by atoms with E-state index in [0.717, 1.165) is 4.31 Å². The van der Waals surface area contributed by atoms with E-state index in [2.05, 4.69) is 0 Å². The molecule has 1 atom stereocenters. The summed E-state index contributed by atoms with van der Waals surface area (Å²) < 4.78 is 31.8. The topological polar surface area (TPSA) is 104 Å². The fourth-order valence-electron chi connectivity index (χ4n) is 2.80. The molecule has 1 N–H and O–H groups in total. The molecule has 0 radical (unpaired) electrons. The number of carboxylic acid groups (broad SMARTS) is 1. The van der Waals surface area contributed by atoms with Crippen molar-refractivity contribution in [1.29, 1.82) is 0 Å². The second-order valence-corrected chi connectivity index (χ2v) is 7.92. The van der Waals surface area contributed by atoms with Crippen molar-refractivity contribution in [3.63, 3.8) is 0 Å². The van der Waals surface area contributed by atoms with Crippen molar-refractivity contribution in [2.75, 3.05) is 20.2 Å². The van der Waals surface area contributed by atoms with E-state index in [4.69, 9.17) is 4.74 Å². The molecule has 1 amide bonds. The lowest BCUT2D eigenvalue weighted by molar-refractivity contribution is -0.144. The highest BCUT2D eigenvalue weighted by molar-refractivity contribution is 7.89. The van der Waals surface area contributed by atoms with Crippen LogP contribution >= 0.6 is 0 Å². The maximum atomic E-state index is 12.9. The van der Waals surface area contributed by atoms with Gasteiger partial charge in [-0.3, -0.25) is 9.59 Å². The Labute approximate surface area is 147 Å². The van der Waals surface area contributed by atoms with E-state index < -0.39 is 22.0 Å². The first kappa shape index (κ1) is 19.2. The first-order valence-electron chi connectivity index (χ1n) is 7.86. The number of sulfonamides is 1. The zero-order chi connectivity index (χ0) is 18.8. The number of hydrogen-bond donors (Lipinski definition) is 1. The molecule has 1 heterocycles. The fraction of sp³-hybridized carbons (Fsp3) is 0.500.